The van der Waals surface area contributed by atoms with Gasteiger partial charge in [0.2, 0.25) is 0 Å². The fraction of sp³-hybridized carbons (Fsp3) is 0.538. The molecule has 1 fully saturated rings. The lowest BCUT2D eigenvalue weighted by atomic mass is 9.93. The molecule has 0 heterocycles. The van der Waals surface area contributed by atoms with E-state index in [1.807, 2.05) is 12.1 Å². The van der Waals surface area contributed by atoms with Crippen LogP contribution in [0.4, 0.5) is 5.69 Å². The predicted octanol–water partition coefficient (Wildman–Crippen LogP) is 2.25. The summed E-state index contributed by atoms with van der Waals surface area (Å²) in [5, 5.41) is 0. The van der Waals surface area contributed by atoms with Crippen molar-refractivity contribution in [1.29, 1.82) is 0 Å². The molecule has 0 aliphatic heterocycles. The van der Waals surface area contributed by atoms with Crippen molar-refractivity contribution >= 4 is 19.0 Å². The monoisotopic (exact) mass is 199 g/mol. The summed E-state index contributed by atoms with van der Waals surface area (Å²) >= 11 is 0. The van der Waals surface area contributed by atoms with Crippen molar-refractivity contribution in [3.05, 3.63) is 24.3 Å². The third-order valence-electron chi connectivity index (χ3n) is 3.42. The van der Waals surface area contributed by atoms with E-state index in [4.69, 9.17) is 7.85 Å². The first kappa shape index (κ1) is 10.6. The summed E-state index contributed by atoms with van der Waals surface area (Å²) in [6.45, 7) is 0. The lowest BCUT2D eigenvalue weighted by Crippen LogP contribution is -2.33. The highest BCUT2D eigenvalue weighted by Gasteiger charge is 2.17. The van der Waals surface area contributed by atoms with Gasteiger partial charge < -0.3 is 4.90 Å². The molecule has 1 nitrogen and oxygen atoms in total. The molecule has 0 aromatic heterocycles. The smallest absolute Gasteiger partial charge is 0.113 e. The molecular formula is C13H18BN. The van der Waals surface area contributed by atoms with E-state index in [0.717, 1.165) is 11.5 Å². The lowest BCUT2D eigenvalue weighted by molar-refractivity contribution is 0.427. The van der Waals surface area contributed by atoms with Crippen LogP contribution in [0.25, 0.3) is 0 Å². The van der Waals surface area contributed by atoms with Gasteiger partial charge in [-0.3, -0.25) is 0 Å². The Morgan fingerprint density at radius 3 is 2.27 bits per heavy atom. The van der Waals surface area contributed by atoms with E-state index in [1.165, 1.54) is 37.8 Å². The summed E-state index contributed by atoms with van der Waals surface area (Å²) in [4.78, 5) is 2.40. The first-order valence-corrected chi connectivity index (χ1v) is 5.86. The number of hydrogen-bond acceptors (Lipinski definition) is 1. The molecule has 1 aromatic carbocycles. The van der Waals surface area contributed by atoms with Crippen LogP contribution >= 0.6 is 0 Å². The SMILES string of the molecule is [B]c1ccc(N(C)C2CCCCC2)cc1. The highest BCUT2D eigenvalue weighted by molar-refractivity contribution is 6.32. The van der Waals surface area contributed by atoms with Gasteiger partial charge in [-0.25, -0.2) is 0 Å². The number of benzene rings is 1. The summed E-state index contributed by atoms with van der Waals surface area (Å²) in [6.07, 6.45) is 6.84. The van der Waals surface area contributed by atoms with Crippen molar-refractivity contribution in [2.75, 3.05) is 11.9 Å². The average molecular weight is 199 g/mol. The van der Waals surface area contributed by atoms with Crippen LogP contribution in [0.2, 0.25) is 0 Å². The Bertz CT molecular complexity index is 301. The maximum atomic E-state index is 5.69. The Balaban J connectivity index is 2.05. The molecule has 0 amide bonds. The fourth-order valence-electron chi connectivity index (χ4n) is 2.39. The van der Waals surface area contributed by atoms with Crippen molar-refractivity contribution in [2.24, 2.45) is 0 Å². The van der Waals surface area contributed by atoms with E-state index in [-0.39, 0.29) is 0 Å². The summed E-state index contributed by atoms with van der Waals surface area (Å²) in [5.74, 6) is 0. The van der Waals surface area contributed by atoms with Crippen LogP contribution in [-0.4, -0.2) is 20.9 Å². The zero-order chi connectivity index (χ0) is 10.7. The molecule has 0 bridgehead atoms. The van der Waals surface area contributed by atoms with Crippen molar-refractivity contribution in [1.82, 2.24) is 0 Å². The highest BCUT2D eigenvalue weighted by atomic mass is 15.1. The average Bonchev–Trinajstić information content (AvgIpc) is 2.30. The normalized spacial score (nSPS) is 17.7. The van der Waals surface area contributed by atoms with Crippen LogP contribution in [0.3, 0.4) is 0 Å². The van der Waals surface area contributed by atoms with Crippen molar-refractivity contribution in [3.63, 3.8) is 0 Å². The van der Waals surface area contributed by atoms with Gasteiger partial charge in [-0.1, -0.05) is 36.9 Å². The van der Waals surface area contributed by atoms with E-state index in [0.29, 0.717) is 0 Å². The first-order valence-electron chi connectivity index (χ1n) is 5.86. The summed E-state index contributed by atoms with van der Waals surface area (Å²) < 4.78 is 0. The second-order valence-electron chi connectivity index (χ2n) is 4.49. The molecule has 0 spiro atoms. The van der Waals surface area contributed by atoms with Crippen LogP contribution in [0.5, 0.6) is 0 Å². The molecule has 0 unspecified atom stereocenters. The minimum Gasteiger partial charge on any atom is -0.372 e. The molecule has 0 saturated heterocycles. The molecule has 2 radical (unpaired) electrons. The minimum absolute atomic E-state index is 0.724. The number of hydrogen-bond donors (Lipinski definition) is 0. The quantitative estimate of drug-likeness (QED) is 0.660. The van der Waals surface area contributed by atoms with Crippen molar-refractivity contribution < 1.29 is 0 Å². The van der Waals surface area contributed by atoms with Gasteiger partial charge in [0.15, 0.2) is 0 Å². The highest BCUT2D eigenvalue weighted by Crippen LogP contribution is 2.25. The molecule has 15 heavy (non-hydrogen) atoms. The maximum Gasteiger partial charge on any atom is 0.113 e. The van der Waals surface area contributed by atoms with Gasteiger partial charge in [0.1, 0.15) is 7.85 Å². The number of anilines is 1. The van der Waals surface area contributed by atoms with Gasteiger partial charge in [-0.2, -0.15) is 0 Å². The van der Waals surface area contributed by atoms with Crippen LogP contribution in [0.1, 0.15) is 32.1 Å². The van der Waals surface area contributed by atoms with Gasteiger partial charge in [-0.05, 0) is 25.0 Å². The molecule has 2 rings (SSSR count). The van der Waals surface area contributed by atoms with E-state index < -0.39 is 0 Å². The molecule has 78 valence electrons. The molecule has 2 heteroatoms. The second-order valence-corrected chi connectivity index (χ2v) is 4.49. The molecule has 1 aromatic rings. The van der Waals surface area contributed by atoms with Gasteiger partial charge in [0.25, 0.3) is 0 Å². The van der Waals surface area contributed by atoms with Crippen LogP contribution in [0, 0.1) is 0 Å². The molecule has 1 aliphatic carbocycles. The van der Waals surface area contributed by atoms with E-state index >= 15 is 0 Å². The first-order chi connectivity index (χ1) is 7.27. The Morgan fingerprint density at radius 2 is 1.67 bits per heavy atom. The molecule has 1 aliphatic rings. The molecule has 1 saturated carbocycles. The Labute approximate surface area is 93.9 Å². The summed E-state index contributed by atoms with van der Waals surface area (Å²) in [6, 6.07) is 8.92. The van der Waals surface area contributed by atoms with Gasteiger partial charge in [0, 0.05) is 18.8 Å². The second kappa shape index (κ2) is 4.74. The van der Waals surface area contributed by atoms with Crippen LogP contribution in [0.15, 0.2) is 24.3 Å². The largest absolute Gasteiger partial charge is 0.372 e. The van der Waals surface area contributed by atoms with E-state index in [1.54, 1.807) is 0 Å². The fourth-order valence-corrected chi connectivity index (χ4v) is 2.39. The van der Waals surface area contributed by atoms with Crippen LogP contribution in [-0.2, 0) is 0 Å². The summed E-state index contributed by atoms with van der Waals surface area (Å²) in [7, 11) is 7.88. The zero-order valence-electron chi connectivity index (χ0n) is 9.45. The van der Waals surface area contributed by atoms with Crippen molar-refractivity contribution in [2.45, 2.75) is 38.1 Å². The van der Waals surface area contributed by atoms with Gasteiger partial charge >= 0.3 is 0 Å². The molecular weight excluding hydrogens is 181 g/mol. The molecule has 0 atom stereocenters. The topological polar surface area (TPSA) is 3.24 Å². The maximum absolute atomic E-state index is 5.69. The van der Waals surface area contributed by atoms with E-state index in [2.05, 4.69) is 24.1 Å². The van der Waals surface area contributed by atoms with Gasteiger partial charge in [0.05, 0.1) is 0 Å². The Kier molecular flexibility index (Phi) is 3.35. The third kappa shape index (κ3) is 2.56. The summed E-state index contributed by atoms with van der Waals surface area (Å²) in [5.41, 5.74) is 2.13. The predicted molar refractivity (Wildman–Crippen MR) is 67.1 cm³/mol. The minimum atomic E-state index is 0.724. The van der Waals surface area contributed by atoms with Gasteiger partial charge in [-0.15, -0.1) is 0 Å². The zero-order valence-corrected chi connectivity index (χ0v) is 9.45. The Hall–Kier alpha value is -0.915. The lowest BCUT2D eigenvalue weighted by Gasteiger charge is -2.33. The van der Waals surface area contributed by atoms with Crippen molar-refractivity contribution in [3.8, 4) is 0 Å². The Morgan fingerprint density at radius 1 is 1.07 bits per heavy atom. The van der Waals surface area contributed by atoms with E-state index in [9.17, 15) is 0 Å². The third-order valence-corrected chi connectivity index (χ3v) is 3.42. The molecule has 0 N–H and O–H groups in total. The van der Waals surface area contributed by atoms with Crippen LogP contribution < -0.4 is 10.4 Å². The standard InChI is InChI=1S/C13H18BN/c1-15(12-5-3-2-4-6-12)13-9-7-11(14)8-10-13/h7-10,12H,2-6H2,1H3. The number of rotatable bonds is 2. The number of nitrogens with zero attached hydrogens (tertiary/aromatic N) is 1.